The minimum absolute atomic E-state index is 0.00920. The van der Waals surface area contributed by atoms with Gasteiger partial charge >= 0.3 is 0 Å². The van der Waals surface area contributed by atoms with E-state index in [0.29, 0.717) is 5.56 Å². The summed E-state index contributed by atoms with van der Waals surface area (Å²) < 4.78 is 20.0. The first-order valence-electron chi connectivity index (χ1n) is 11.3. The first-order chi connectivity index (χ1) is 16.5. The van der Waals surface area contributed by atoms with Crippen molar-refractivity contribution in [2.75, 3.05) is 11.4 Å². The number of hydrogen-bond donors (Lipinski definition) is 2. The number of nitrogens with zero attached hydrogens (tertiary/aromatic N) is 1. The van der Waals surface area contributed by atoms with Crippen LogP contribution in [0.3, 0.4) is 0 Å². The highest BCUT2D eigenvalue weighted by molar-refractivity contribution is 6.04. The molecule has 1 aliphatic carbocycles. The van der Waals surface area contributed by atoms with Crippen LogP contribution >= 0.6 is 0 Å². The number of carbonyl (C=O) groups excluding carboxylic acids is 3. The Morgan fingerprint density at radius 2 is 1.68 bits per heavy atom. The third-order valence-corrected chi connectivity index (χ3v) is 5.85. The molecule has 176 valence electrons. The van der Waals surface area contributed by atoms with Crippen LogP contribution in [0.4, 0.5) is 10.1 Å². The minimum Gasteiger partial charge on any atom is -0.459 e. The molecule has 1 aliphatic rings. The fourth-order valence-electron chi connectivity index (χ4n) is 4.20. The molecule has 0 spiro atoms. The Hall–Kier alpha value is -3.94. The zero-order valence-electron chi connectivity index (χ0n) is 18.6. The number of rotatable bonds is 8. The molecule has 1 atom stereocenters. The van der Waals surface area contributed by atoms with E-state index in [1.807, 2.05) is 0 Å². The van der Waals surface area contributed by atoms with Crippen LogP contribution in [0.2, 0.25) is 0 Å². The van der Waals surface area contributed by atoms with Gasteiger partial charge < -0.3 is 15.1 Å². The van der Waals surface area contributed by atoms with Crippen molar-refractivity contribution < 1.29 is 23.2 Å². The molecule has 0 aliphatic heterocycles. The third kappa shape index (κ3) is 5.33. The van der Waals surface area contributed by atoms with Crippen molar-refractivity contribution in [3.05, 3.63) is 90.1 Å². The van der Waals surface area contributed by atoms with Crippen LogP contribution < -0.4 is 15.5 Å². The molecule has 3 aromatic rings. The van der Waals surface area contributed by atoms with Crippen molar-refractivity contribution >= 4 is 23.4 Å². The van der Waals surface area contributed by atoms with E-state index in [4.69, 9.17) is 4.42 Å². The number of para-hydroxylation sites is 1. The van der Waals surface area contributed by atoms with E-state index in [-0.39, 0.29) is 17.5 Å². The lowest BCUT2D eigenvalue weighted by molar-refractivity contribution is -0.126. The Bertz CT molecular complexity index is 1130. The van der Waals surface area contributed by atoms with E-state index in [1.165, 1.54) is 30.5 Å². The summed E-state index contributed by atoms with van der Waals surface area (Å²) in [4.78, 5) is 40.4. The normalized spacial score (nSPS) is 14.4. The number of benzene rings is 2. The average Bonchev–Trinajstić information content (AvgIpc) is 3.56. The minimum atomic E-state index is -1.12. The molecule has 4 rings (SSSR count). The van der Waals surface area contributed by atoms with Crippen LogP contribution in [-0.4, -0.2) is 30.3 Å². The zero-order chi connectivity index (χ0) is 23.9. The van der Waals surface area contributed by atoms with Gasteiger partial charge in [-0.2, -0.15) is 0 Å². The van der Waals surface area contributed by atoms with Gasteiger partial charge in [0, 0.05) is 6.04 Å². The van der Waals surface area contributed by atoms with Gasteiger partial charge in [-0.25, -0.2) is 4.39 Å². The van der Waals surface area contributed by atoms with E-state index in [0.717, 1.165) is 30.6 Å². The lowest BCUT2D eigenvalue weighted by Crippen LogP contribution is -2.49. The van der Waals surface area contributed by atoms with Gasteiger partial charge in [-0.1, -0.05) is 55.3 Å². The lowest BCUT2D eigenvalue weighted by Gasteiger charge is -2.32. The van der Waals surface area contributed by atoms with Crippen molar-refractivity contribution in [2.45, 2.75) is 37.8 Å². The van der Waals surface area contributed by atoms with Crippen molar-refractivity contribution in [1.82, 2.24) is 10.6 Å². The summed E-state index contributed by atoms with van der Waals surface area (Å²) in [7, 11) is 0. The molecule has 7 nitrogen and oxygen atoms in total. The maximum Gasteiger partial charge on any atom is 0.287 e. The molecular formula is C26H26FN3O4. The highest BCUT2D eigenvalue weighted by atomic mass is 19.1. The van der Waals surface area contributed by atoms with Crippen molar-refractivity contribution in [3.63, 3.8) is 0 Å². The number of anilines is 1. The second-order valence-electron chi connectivity index (χ2n) is 8.18. The monoisotopic (exact) mass is 463 g/mol. The maximum atomic E-state index is 14.9. The molecule has 8 heteroatoms. The highest BCUT2D eigenvalue weighted by Gasteiger charge is 2.35. The number of amides is 3. The number of hydrogen-bond acceptors (Lipinski definition) is 4. The average molecular weight is 464 g/mol. The first kappa shape index (κ1) is 23.2. The Morgan fingerprint density at radius 1 is 0.971 bits per heavy atom. The third-order valence-electron chi connectivity index (χ3n) is 5.85. The van der Waals surface area contributed by atoms with Gasteiger partial charge in [-0.05, 0) is 42.7 Å². The Labute approximate surface area is 196 Å². The number of halogens is 1. The largest absolute Gasteiger partial charge is 0.459 e. The summed E-state index contributed by atoms with van der Waals surface area (Å²) in [5, 5.41) is 5.53. The van der Waals surface area contributed by atoms with Crippen molar-refractivity contribution in [2.24, 2.45) is 0 Å². The molecule has 2 aromatic carbocycles. The number of carbonyl (C=O) groups is 3. The van der Waals surface area contributed by atoms with Gasteiger partial charge in [-0.3, -0.25) is 19.3 Å². The molecule has 0 saturated heterocycles. The van der Waals surface area contributed by atoms with Crippen LogP contribution in [0.1, 0.15) is 47.8 Å². The molecule has 2 N–H and O–H groups in total. The van der Waals surface area contributed by atoms with Gasteiger partial charge in [0.15, 0.2) is 5.76 Å². The molecular weight excluding hydrogens is 437 g/mol. The fourth-order valence-corrected chi connectivity index (χ4v) is 4.20. The van der Waals surface area contributed by atoms with Gasteiger partial charge in [0.05, 0.1) is 18.5 Å². The molecule has 3 amide bonds. The summed E-state index contributed by atoms with van der Waals surface area (Å²) in [6.45, 7) is -0.450. The van der Waals surface area contributed by atoms with Gasteiger partial charge in [0.2, 0.25) is 11.8 Å². The second-order valence-corrected chi connectivity index (χ2v) is 8.18. The molecule has 0 bridgehead atoms. The summed E-state index contributed by atoms with van der Waals surface area (Å²) in [6, 6.07) is 16.5. The summed E-state index contributed by atoms with van der Waals surface area (Å²) in [5.74, 6) is -2.22. The van der Waals surface area contributed by atoms with E-state index in [2.05, 4.69) is 10.6 Å². The van der Waals surface area contributed by atoms with Gasteiger partial charge in [0.25, 0.3) is 5.91 Å². The first-order valence-corrected chi connectivity index (χ1v) is 11.3. The molecule has 1 unspecified atom stereocenters. The Morgan fingerprint density at radius 3 is 2.35 bits per heavy atom. The van der Waals surface area contributed by atoms with Crippen LogP contribution in [0.25, 0.3) is 0 Å². The number of nitrogens with one attached hydrogen (secondary N) is 2. The quantitative estimate of drug-likeness (QED) is 0.529. The predicted molar refractivity (Wildman–Crippen MR) is 125 cm³/mol. The van der Waals surface area contributed by atoms with E-state index in [1.54, 1.807) is 42.5 Å². The number of furan rings is 1. The summed E-state index contributed by atoms with van der Waals surface area (Å²) in [5.41, 5.74) is 0.488. The lowest BCUT2D eigenvalue weighted by atomic mass is 10.0. The topological polar surface area (TPSA) is 91.7 Å². The van der Waals surface area contributed by atoms with Crippen LogP contribution in [0, 0.1) is 5.82 Å². The summed E-state index contributed by atoms with van der Waals surface area (Å²) >= 11 is 0. The Balaban J connectivity index is 1.67. The van der Waals surface area contributed by atoms with E-state index < -0.39 is 36.1 Å². The SMILES string of the molecule is O=C(NCC(=O)N(c1ccccc1F)C(C(=O)NC1CCCC1)c1ccccc1)c1ccco1. The summed E-state index contributed by atoms with van der Waals surface area (Å²) in [6.07, 6.45) is 5.12. The van der Waals surface area contributed by atoms with Crippen LogP contribution in [-0.2, 0) is 9.59 Å². The Kier molecular flexibility index (Phi) is 7.37. The second kappa shape index (κ2) is 10.8. The molecule has 1 saturated carbocycles. The van der Waals surface area contributed by atoms with Gasteiger partial charge in [0.1, 0.15) is 11.9 Å². The standard InChI is InChI=1S/C26H26FN3O4/c27-20-13-6-7-14-21(20)30(23(31)17-28-25(32)22-15-8-16-34-22)24(18-9-2-1-3-10-18)26(33)29-19-11-4-5-12-19/h1-3,6-10,13-16,19,24H,4-5,11-12,17H2,(H,28,32)(H,29,33). The van der Waals surface area contributed by atoms with Crippen molar-refractivity contribution in [3.8, 4) is 0 Å². The van der Waals surface area contributed by atoms with Gasteiger partial charge in [-0.15, -0.1) is 0 Å². The zero-order valence-corrected chi connectivity index (χ0v) is 18.6. The van der Waals surface area contributed by atoms with Crippen molar-refractivity contribution in [1.29, 1.82) is 0 Å². The molecule has 1 heterocycles. The predicted octanol–water partition coefficient (Wildman–Crippen LogP) is 3.98. The molecule has 34 heavy (non-hydrogen) atoms. The van der Waals surface area contributed by atoms with E-state index >= 15 is 0 Å². The fraction of sp³-hybridized carbons (Fsp3) is 0.269. The van der Waals surface area contributed by atoms with E-state index in [9.17, 15) is 18.8 Å². The molecule has 1 aromatic heterocycles. The molecule has 1 fully saturated rings. The maximum absolute atomic E-state index is 14.9. The van der Waals surface area contributed by atoms with Crippen LogP contribution in [0.5, 0.6) is 0 Å². The highest BCUT2D eigenvalue weighted by Crippen LogP contribution is 2.31. The van der Waals surface area contributed by atoms with Crippen LogP contribution in [0.15, 0.2) is 77.4 Å². The smallest absolute Gasteiger partial charge is 0.287 e. The molecule has 0 radical (unpaired) electrons.